The molecular weight excluding hydrogens is 428 g/mol. The van der Waals surface area contributed by atoms with Crippen LogP contribution >= 0.6 is 22.7 Å². The van der Waals surface area contributed by atoms with Crippen LogP contribution in [0.3, 0.4) is 0 Å². The Bertz CT molecular complexity index is 1090. The van der Waals surface area contributed by atoms with Crippen LogP contribution in [0.4, 0.5) is 0 Å². The number of amides is 1. The highest BCUT2D eigenvalue weighted by Gasteiger charge is 2.24. The second kappa shape index (κ2) is 9.22. The van der Waals surface area contributed by atoms with Gasteiger partial charge < -0.3 is 10.2 Å². The second-order valence-corrected chi connectivity index (χ2v) is 10.6. The fraction of sp³-hybridized carbons (Fsp3) is 0.522. The largest absolute Gasteiger partial charge is 0.352 e. The Labute approximate surface area is 189 Å². The van der Waals surface area contributed by atoms with Gasteiger partial charge in [-0.25, -0.2) is 4.98 Å². The first kappa shape index (κ1) is 20.8. The lowest BCUT2D eigenvalue weighted by molar-refractivity contribution is -0.122. The van der Waals surface area contributed by atoms with Gasteiger partial charge >= 0.3 is 0 Å². The molecule has 6 nitrogen and oxygen atoms in total. The van der Waals surface area contributed by atoms with Gasteiger partial charge in [0.25, 0.3) is 5.56 Å². The number of carbonyl (C=O) groups is 1. The molecule has 1 amide bonds. The summed E-state index contributed by atoms with van der Waals surface area (Å²) in [6.07, 6.45) is 9.00. The number of nitrogens with one attached hydrogen (secondary N) is 1. The summed E-state index contributed by atoms with van der Waals surface area (Å²) in [5.74, 6) is 0.766. The third kappa shape index (κ3) is 4.61. The zero-order valence-electron chi connectivity index (χ0n) is 17.6. The molecule has 0 radical (unpaired) electrons. The highest BCUT2D eigenvalue weighted by atomic mass is 32.1. The van der Waals surface area contributed by atoms with Crippen molar-refractivity contribution >= 4 is 38.8 Å². The Morgan fingerprint density at radius 2 is 1.97 bits per heavy atom. The topological polar surface area (TPSA) is 67.2 Å². The summed E-state index contributed by atoms with van der Waals surface area (Å²) in [4.78, 5) is 34.5. The number of likely N-dealkylation sites (tertiary alicyclic amines) is 1. The molecule has 0 atom stereocenters. The van der Waals surface area contributed by atoms with E-state index in [9.17, 15) is 9.59 Å². The molecule has 1 aliphatic carbocycles. The number of hydrogen-bond donors (Lipinski definition) is 1. The summed E-state index contributed by atoms with van der Waals surface area (Å²) < 4.78 is 1.44. The number of piperidine rings is 1. The van der Waals surface area contributed by atoms with Gasteiger partial charge in [-0.1, -0.05) is 18.9 Å². The molecule has 164 valence electrons. The molecule has 0 aromatic carbocycles. The molecular formula is C23H28N4O2S2. The van der Waals surface area contributed by atoms with Crippen molar-refractivity contribution in [3.8, 4) is 10.4 Å². The maximum absolute atomic E-state index is 13.1. The Kier molecular flexibility index (Phi) is 6.20. The lowest BCUT2D eigenvalue weighted by Crippen LogP contribution is -2.46. The van der Waals surface area contributed by atoms with E-state index in [1.54, 1.807) is 11.3 Å². The summed E-state index contributed by atoms with van der Waals surface area (Å²) >= 11 is 3.08. The zero-order chi connectivity index (χ0) is 21.2. The van der Waals surface area contributed by atoms with Gasteiger partial charge in [0, 0.05) is 41.5 Å². The van der Waals surface area contributed by atoms with Crippen LogP contribution < -0.4 is 10.9 Å². The molecule has 0 unspecified atom stereocenters. The van der Waals surface area contributed by atoms with Crippen LogP contribution in [0.25, 0.3) is 20.7 Å². The molecule has 3 aromatic rings. The minimum absolute atomic E-state index is 0.0176. The predicted molar refractivity (Wildman–Crippen MR) is 127 cm³/mol. The van der Waals surface area contributed by atoms with E-state index in [1.807, 2.05) is 22.9 Å². The van der Waals surface area contributed by atoms with Gasteiger partial charge in [-0.15, -0.1) is 22.7 Å². The van der Waals surface area contributed by atoms with Gasteiger partial charge in [0.2, 0.25) is 5.91 Å². The van der Waals surface area contributed by atoms with Crippen LogP contribution in [0.1, 0.15) is 38.5 Å². The van der Waals surface area contributed by atoms with Crippen molar-refractivity contribution in [3.05, 3.63) is 39.6 Å². The molecule has 2 aliphatic rings. The Balaban J connectivity index is 1.20. The summed E-state index contributed by atoms with van der Waals surface area (Å²) in [7, 11) is 0. The third-order valence-electron chi connectivity index (χ3n) is 6.61. The SMILES string of the molecule is O=C(Cn1cnc2scc(-c3cccs3)c2c1=O)NC1CCN(CC2CCCC2)CC1. The highest BCUT2D eigenvalue weighted by Crippen LogP contribution is 2.33. The minimum atomic E-state index is -0.142. The van der Waals surface area contributed by atoms with Crippen molar-refractivity contribution in [2.45, 2.75) is 51.1 Å². The van der Waals surface area contributed by atoms with E-state index in [0.717, 1.165) is 47.1 Å². The van der Waals surface area contributed by atoms with Gasteiger partial charge in [0.05, 0.1) is 11.7 Å². The van der Waals surface area contributed by atoms with Crippen LogP contribution in [0.15, 0.2) is 34.0 Å². The molecule has 3 aromatic heterocycles. The summed E-state index contributed by atoms with van der Waals surface area (Å²) in [5.41, 5.74) is 0.771. The monoisotopic (exact) mass is 456 g/mol. The number of fused-ring (bicyclic) bond motifs is 1. The molecule has 8 heteroatoms. The Hall–Kier alpha value is -2.03. The number of aromatic nitrogens is 2. The fourth-order valence-corrected chi connectivity index (χ4v) is 6.66. The molecule has 1 N–H and O–H groups in total. The number of rotatable bonds is 6. The van der Waals surface area contributed by atoms with Crippen LogP contribution in [0.5, 0.6) is 0 Å². The van der Waals surface area contributed by atoms with Crippen molar-refractivity contribution in [2.24, 2.45) is 5.92 Å². The normalized spacial score (nSPS) is 18.7. The molecule has 0 bridgehead atoms. The van der Waals surface area contributed by atoms with Crippen LogP contribution in [-0.4, -0.2) is 46.0 Å². The van der Waals surface area contributed by atoms with E-state index in [1.165, 1.54) is 54.5 Å². The number of carbonyl (C=O) groups excluding carboxylic acids is 1. The van der Waals surface area contributed by atoms with Gasteiger partial charge in [0.15, 0.2) is 0 Å². The van der Waals surface area contributed by atoms with Crippen LogP contribution in [0.2, 0.25) is 0 Å². The third-order valence-corrected chi connectivity index (χ3v) is 8.39. The number of nitrogens with zero attached hydrogens (tertiary/aromatic N) is 3. The minimum Gasteiger partial charge on any atom is -0.352 e. The quantitative estimate of drug-likeness (QED) is 0.610. The molecule has 4 heterocycles. The first-order valence-electron chi connectivity index (χ1n) is 11.2. The molecule has 1 saturated carbocycles. The van der Waals surface area contributed by atoms with E-state index in [4.69, 9.17) is 0 Å². The van der Waals surface area contributed by atoms with Gasteiger partial charge in [-0.2, -0.15) is 0 Å². The Morgan fingerprint density at radius 3 is 2.71 bits per heavy atom. The fourth-order valence-electron chi connectivity index (χ4n) is 4.94. The smallest absolute Gasteiger partial charge is 0.263 e. The van der Waals surface area contributed by atoms with E-state index >= 15 is 0 Å². The van der Waals surface area contributed by atoms with Crippen LogP contribution in [0, 0.1) is 5.92 Å². The average Bonchev–Trinajstić information content (AvgIpc) is 3.53. The number of thiophene rings is 2. The summed E-state index contributed by atoms with van der Waals surface area (Å²) in [6.45, 7) is 3.33. The van der Waals surface area contributed by atoms with E-state index in [-0.39, 0.29) is 24.1 Å². The Morgan fingerprint density at radius 1 is 1.16 bits per heavy atom. The van der Waals surface area contributed by atoms with Crippen molar-refractivity contribution < 1.29 is 4.79 Å². The van der Waals surface area contributed by atoms with E-state index in [2.05, 4.69) is 15.2 Å². The van der Waals surface area contributed by atoms with Crippen LogP contribution in [-0.2, 0) is 11.3 Å². The molecule has 1 saturated heterocycles. The lowest BCUT2D eigenvalue weighted by Gasteiger charge is -2.33. The van der Waals surface area contributed by atoms with E-state index < -0.39 is 0 Å². The molecule has 1 aliphatic heterocycles. The van der Waals surface area contributed by atoms with Gasteiger partial charge in [-0.3, -0.25) is 14.2 Å². The highest BCUT2D eigenvalue weighted by molar-refractivity contribution is 7.18. The van der Waals surface area contributed by atoms with E-state index in [0.29, 0.717) is 5.39 Å². The first-order valence-corrected chi connectivity index (χ1v) is 13.0. The average molecular weight is 457 g/mol. The molecule has 31 heavy (non-hydrogen) atoms. The first-order chi connectivity index (χ1) is 15.2. The summed E-state index contributed by atoms with van der Waals surface area (Å²) in [6, 6.07) is 4.18. The lowest BCUT2D eigenvalue weighted by atomic mass is 10.0. The van der Waals surface area contributed by atoms with Crippen molar-refractivity contribution in [3.63, 3.8) is 0 Å². The zero-order valence-corrected chi connectivity index (χ0v) is 19.2. The predicted octanol–water partition coefficient (Wildman–Crippen LogP) is 3.96. The van der Waals surface area contributed by atoms with Crippen molar-refractivity contribution in [2.75, 3.05) is 19.6 Å². The standard InChI is InChI=1S/C23H28N4O2S2/c28-20(25-17-7-9-26(10-8-17)12-16-4-1-2-5-16)13-27-15-24-22-21(23(27)29)18(14-31-22)19-6-3-11-30-19/h3,6,11,14-17H,1-2,4-5,7-10,12-13H2,(H,25,28). The van der Waals surface area contributed by atoms with Crippen molar-refractivity contribution in [1.29, 1.82) is 0 Å². The maximum Gasteiger partial charge on any atom is 0.263 e. The molecule has 0 spiro atoms. The maximum atomic E-state index is 13.1. The second-order valence-electron chi connectivity index (χ2n) is 8.78. The molecule has 2 fully saturated rings. The van der Waals surface area contributed by atoms with Gasteiger partial charge in [0.1, 0.15) is 11.4 Å². The number of hydrogen-bond acceptors (Lipinski definition) is 6. The summed E-state index contributed by atoms with van der Waals surface area (Å²) in [5, 5.41) is 7.74. The van der Waals surface area contributed by atoms with Crippen molar-refractivity contribution in [1.82, 2.24) is 19.8 Å². The molecule has 5 rings (SSSR count). The van der Waals surface area contributed by atoms with Gasteiger partial charge in [-0.05, 0) is 43.0 Å².